The van der Waals surface area contributed by atoms with Crippen molar-refractivity contribution in [2.24, 2.45) is 5.41 Å². The highest BCUT2D eigenvalue weighted by Crippen LogP contribution is 2.17. The minimum Gasteiger partial charge on any atom is -0.390 e. The fourth-order valence-electron chi connectivity index (χ4n) is 1.35. The number of hydrogen-bond donors (Lipinski definition) is 2. The van der Waals surface area contributed by atoms with Gasteiger partial charge in [-0.1, -0.05) is 20.8 Å². The highest BCUT2D eigenvalue weighted by Gasteiger charge is 2.38. The Morgan fingerprint density at radius 2 is 1.87 bits per heavy atom. The molecule has 15 heavy (non-hydrogen) atoms. The third-order valence-electron chi connectivity index (χ3n) is 2.32. The molecule has 0 spiro atoms. The Balaban J connectivity index is 2.66. The maximum absolute atomic E-state index is 11.6. The summed E-state index contributed by atoms with van der Waals surface area (Å²) < 4.78 is 22.3. The summed E-state index contributed by atoms with van der Waals surface area (Å²) in [5.41, 5.74) is -0.577. The Morgan fingerprint density at radius 3 is 2.20 bits per heavy atom. The van der Waals surface area contributed by atoms with Crippen molar-refractivity contribution in [2.45, 2.75) is 32.9 Å². The van der Waals surface area contributed by atoms with Gasteiger partial charge in [0.2, 0.25) is 5.91 Å². The van der Waals surface area contributed by atoms with Gasteiger partial charge in [-0.25, -0.2) is 8.42 Å². The first-order valence-corrected chi connectivity index (χ1v) is 6.63. The molecule has 0 bridgehead atoms. The molecule has 5 nitrogen and oxygen atoms in total. The highest BCUT2D eigenvalue weighted by atomic mass is 32.2. The molecule has 1 saturated heterocycles. The molecule has 0 aromatic rings. The van der Waals surface area contributed by atoms with E-state index in [4.69, 9.17) is 0 Å². The zero-order valence-electron chi connectivity index (χ0n) is 9.15. The smallest absolute Gasteiger partial charge is 0.225 e. The number of carbonyl (C=O) groups excluding carboxylic acids is 1. The van der Waals surface area contributed by atoms with E-state index >= 15 is 0 Å². The molecule has 0 saturated carbocycles. The van der Waals surface area contributed by atoms with Crippen LogP contribution in [0.25, 0.3) is 0 Å². The molecule has 6 heteroatoms. The lowest BCUT2D eigenvalue weighted by molar-refractivity contribution is -0.129. The predicted molar refractivity (Wildman–Crippen MR) is 56.0 cm³/mol. The number of aliphatic hydroxyl groups excluding tert-OH is 1. The lowest BCUT2D eigenvalue weighted by Gasteiger charge is -2.22. The second-order valence-electron chi connectivity index (χ2n) is 4.97. The van der Waals surface area contributed by atoms with Gasteiger partial charge < -0.3 is 10.4 Å². The van der Waals surface area contributed by atoms with Crippen LogP contribution in [0.3, 0.4) is 0 Å². The molecule has 2 atom stereocenters. The summed E-state index contributed by atoms with van der Waals surface area (Å²) in [6.45, 7) is 5.20. The van der Waals surface area contributed by atoms with Crippen molar-refractivity contribution in [1.82, 2.24) is 5.32 Å². The van der Waals surface area contributed by atoms with Crippen LogP contribution in [0.15, 0.2) is 0 Å². The number of aliphatic hydroxyl groups is 1. The van der Waals surface area contributed by atoms with Crippen molar-refractivity contribution < 1.29 is 18.3 Å². The second kappa shape index (κ2) is 3.75. The summed E-state index contributed by atoms with van der Waals surface area (Å²) in [6, 6.07) is -0.665. The van der Waals surface area contributed by atoms with Gasteiger partial charge in [0.15, 0.2) is 9.84 Å². The van der Waals surface area contributed by atoms with Crippen molar-refractivity contribution in [3.05, 3.63) is 0 Å². The SMILES string of the molecule is CC(C)(C)C(=O)N[C@@H]1CS(=O)(=O)C[C@H]1O. The summed E-state index contributed by atoms with van der Waals surface area (Å²) in [5, 5.41) is 12.0. The van der Waals surface area contributed by atoms with Gasteiger partial charge in [-0.3, -0.25) is 4.79 Å². The van der Waals surface area contributed by atoms with Gasteiger partial charge >= 0.3 is 0 Å². The quantitative estimate of drug-likeness (QED) is 0.630. The van der Waals surface area contributed by atoms with Crippen molar-refractivity contribution in [2.75, 3.05) is 11.5 Å². The number of rotatable bonds is 1. The molecule has 1 aliphatic heterocycles. The molecule has 1 aliphatic rings. The van der Waals surface area contributed by atoms with Crippen LogP contribution in [-0.2, 0) is 14.6 Å². The molecule has 1 heterocycles. The third-order valence-corrected chi connectivity index (χ3v) is 4.04. The third kappa shape index (κ3) is 3.17. The maximum atomic E-state index is 11.6. The highest BCUT2D eigenvalue weighted by molar-refractivity contribution is 7.91. The number of nitrogens with one attached hydrogen (secondary N) is 1. The first-order valence-electron chi connectivity index (χ1n) is 4.81. The van der Waals surface area contributed by atoms with Crippen LogP contribution in [0.4, 0.5) is 0 Å². The van der Waals surface area contributed by atoms with Crippen LogP contribution >= 0.6 is 0 Å². The zero-order valence-corrected chi connectivity index (χ0v) is 9.97. The second-order valence-corrected chi connectivity index (χ2v) is 7.13. The fraction of sp³-hybridized carbons (Fsp3) is 0.889. The average Bonchev–Trinajstić information content (AvgIpc) is 2.22. The van der Waals surface area contributed by atoms with Crippen LogP contribution in [0.1, 0.15) is 20.8 Å². The number of amides is 1. The molecule has 1 rings (SSSR count). The maximum Gasteiger partial charge on any atom is 0.225 e. The lowest BCUT2D eigenvalue weighted by Crippen LogP contribution is -2.47. The van der Waals surface area contributed by atoms with E-state index in [9.17, 15) is 18.3 Å². The molecule has 88 valence electrons. The Bertz CT molecular complexity index is 355. The molecule has 0 radical (unpaired) electrons. The van der Waals surface area contributed by atoms with E-state index < -0.39 is 27.4 Å². The van der Waals surface area contributed by atoms with E-state index in [2.05, 4.69) is 5.32 Å². The zero-order chi connectivity index (χ0) is 11.9. The summed E-state index contributed by atoms with van der Waals surface area (Å²) in [5.74, 6) is -0.679. The molecular weight excluding hydrogens is 218 g/mol. The largest absolute Gasteiger partial charge is 0.390 e. The Hall–Kier alpha value is -0.620. The molecule has 0 aliphatic carbocycles. The number of sulfone groups is 1. The van der Waals surface area contributed by atoms with Crippen LogP contribution in [0.5, 0.6) is 0 Å². The molecule has 0 aromatic carbocycles. The monoisotopic (exact) mass is 235 g/mol. The molecular formula is C9H17NO4S. The van der Waals surface area contributed by atoms with E-state index in [-0.39, 0.29) is 17.4 Å². The molecule has 2 N–H and O–H groups in total. The predicted octanol–water partition coefficient (Wildman–Crippen LogP) is -0.693. The van der Waals surface area contributed by atoms with Gasteiger partial charge in [-0.05, 0) is 0 Å². The first kappa shape index (κ1) is 12.4. The standard InChI is InChI=1S/C9H17NO4S/c1-9(2,3)8(12)10-6-4-15(13,14)5-7(6)11/h6-7,11H,4-5H2,1-3H3,(H,10,12)/t6-,7-/m1/s1. The lowest BCUT2D eigenvalue weighted by atomic mass is 9.95. The molecule has 0 aromatic heterocycles. The van der Waals surface area contributed by atoms with Gasteiger partial charge in [0.1, 0.15) is 0 Å². The summed E-state index contributed by atoms with van der Waals surface area (Å²) in [6.07, 6.45) is -0.985. The molecule has 0 unspecified atom stereocenters. The van der Waals surface area contributed by atoms with Crippen molar-refractivity contribution in [1.29, 1.82) is 0 Å². The van der Waals surface area contributed by atoms with Crippen LogP contribution < -0.4 is 5.32 Å². The van der Waals surface area contributed by atoms with Gasteiger partial charge in [0.05, 0.1) is 23.7 Å². The Labute approximate surface area is 89.8 Å². The topological polar surface area (TPSA) is 83.5 Å². The van der Waals surface area contributed by atoms with E-state index in [1.54, 1.807) is 20.8 Å². The number of hydrogen-bond acceptors (Lipinski definition) is 4. The van der Waals surface area contributed by atoms with Crippen LogP contribution in [0.2, 0.25) is 0 Å². The molecule has 1 fully saturated rings. The van der Waals surface area contributed by atoms with Crippen molar-refractivity contribution >= 4 is 15.7 Å². The van der Waals surface area contributed by atoms with Gasteiger partial charge in [-0.2, -0.15) is 0 Å². The number of carbonyl (C=O) groups is 1. The van der Waals surface area contributed by atoms with Gasteiger partial charge in [0, 0.05) is 5.41 Å². The minimum atomic E-state index is -3.20. The van der Waals surface area contributed by atoms with Crippen molar-refractivity contribution in [3.8, 4) is 0 Å². The van der Waals surface area contributed by atoms with Crippen LogP contribution in [-0.4, -0.2) is 43.1 Å². The van der Waals surface area contributed by atoms with E-state index in [0.717, 1.165) is 0 Å². The minimum absolute atomic E-state index is 0.171. The van der Waals surface area contributed by atoms with E-state index in [0.29, 0.717) is 0 Å². The average molecular weight is 235 g/mol. The summed E-state index contributed by atoms with van der Waals surface area (Å²) >= 11 is 0. The van der Waals surface area contributed by atoms with Gasteiger partial charge in [-0.15, -0.1) is 0 Å². The van der Waals surface area contributed by atoms with Crippen molar-refractivity contribution in [3.63, 3.8) is 0 Å². The van der Waals surface area contributed by atoms with Gasteiger partial charge in [0.25, 0.3) is 0 Å². The van der Waals surface area contributed by atoms with Crippen LogP contribution in [0, 0.1) is 5.41 Å². The fourth-order valence-corrected chi connectivity index (χ4v) is 3.09. The normalized spacial score (nSPS) is 30.1. The summed E-state index contributed by atoms with van der Waals surface area (Å²) in [4.78, 5) is 11.6. The van der Waals surface area contributed by atoms with E-state index in [1.165, 1.54) is 0 Å². The molecule has 1 amide bonds. The Morgan fingerprint density at radius 1 is 1.33 bits per heavy atom. The van der Waals surface area contributed by atoms with E-state index in [1.807, 2.05) is 0 Å². The summed E-state index contributed by atoms with van der Waals surface area (Å²) in [7, 11) is -3.20. The Kier molecular flexibility index (Phi) is 3.11. The first-order chi connectivity index (χ1) is 6.62.